The van der Waals surface area contributed by atoms with Crippen LogP contribution in [0, 0.1) is 18.3 Å². The number of fused-ring (bicyclic) bond motifs is 5. The van der Waals surface area contributed by atoms with Crippen LogP contribution in [0.4, 0.5) is 0 Å². The highest BCUT2D eigenvalue weighted by atomic mass is 16.5. The number of hydrogen-bond donors (Lipinski definition) is 6. The maximum atomic E-state index is 14.4. The molecular weight excluding hydrogens is 765 g/mol. The highest BCUT2D eigenvalue weighted by molar-refractivity contribution is 5.99. The van der Waals surface area contributed by atoms with E-state index in [9.17, 15) is 24.0 Å². The molecule has 0 radical (unpaired) electrons. The van der Waals surface area contributed by atoms with Gasteiger partial charge in [-0.1, -0.05) is 61.0 Å². The summed E-state index contributed by atoms with van der Waals surface area (Å²) in [5, 5.41) is 19.8. The fourth-order valence-electron chi connectivity index (χ4n) is 6.77. The van der Waals surface area contributed by atoms with Crippen LogP contribution in [0.2, 0.25) is 0 Å². The van der Waals surface area contributed by atoms with Gasteiger partial charge in [-0.15, -0.1) is 0 Å². The van der Waals surface area contributed by atoms with E-state index in [0.717, 1.165) is 16.7 Å². The lowest BCUT2D eigenvalue weighted by atomic mass is 9.93. The fraction of sp³-hybridized carbons (Fsp3) is 0.333. The first-order chi connectivity index (χ1) is 28.9. The van der Waals surface area contributed by atoms with Gasteiger partial charge in [0.15, 0.2) is 0 Å². The van der Waals surface area contributed by atoms with Gasteiger partial charge in [-0.2, -0.15) is 5.26 Å². The van der Waals surface area contributed by atoms with Crippen LogP contribution in [0.1, 0.15) is 53.4 Å². The van der Waals surface area contributed by atoms with Crippen LogP contribution in [-0.2, 0) is 25.6 Å². The third-order valence-corrected chi connectivity index (χ3v) is 10.0. The van der Waals surface area contributed by atoms with Crippen LogP contribution in [0.3, 0.4) is 0 Å². The van der Waals surface area contributed by atoms with Crippen LogP contribution >= 0.6 is 0 Å². The number of nitrogens with two attached hydrogens (primary N) is 2. The number of aryl methyl sites for hydroxylation is 1. The number of nitrogens with zero attached hydrogens (tertiary/aromatic N) is 2. The number of carbonyl (C=O) groups excluding carboxylic acids is 5. The van der Waals surface area contributed by atoms with Crippen LogP contribution in [0.5, 0.6) is 11.5 Å². The van der Waals surface area contributed by atoms with E-state index in [4.69, 9.17) is 26.2 Å². The molecule has 4 atom stereocenters. The Kier molecular flexibility index (Phi) is 15.4. The number of carbonyl (C=O) groups is 5. The van der Waals surface area contributed by atoms with Gasteiger partial charge in [0.1, 0.15) is 48.8 Å². The molecule has 0 unspecified atom stereocenters. The molecule has 0 saturated heterocycles. The number of nitrogens with one attached hydrogen (secondary N) is 4. The molecule has 60 heavy (non-hydrogen) atoms. The van der Waals surface area contributed by atoms with Gasteiger partial charge in [0.25, 0.3) is 5.91 Å². The van der Waals surface area contributed by atoms with Crippen molar-refractivity contribution in [2.45, 2.75) is 57.8 Å². The van der Waals surface area contributed by atoms with Gasteiger partial charge in [-0.05, 0) is 78.9 Å². The lowest BCUT2D eigenvalue weighted by Gasteiger charge is -2.32. The quantitative estimate of drug-likeness (QED) is 0.102. The smallest absolute Gasteiger partial charge is 0.251 e. The first-order valence-corrected chi connectivity index (χ1v) is 19.8. The Morgan fingerprint density at radius 1 is 0.883 bits per heavy atom. The van der Waals surface area contributed by atoms with Crippen molar-refractivity contribution in [2.24, 2.45) is 11.5 Å². The zero-order valence-corrected chi connectivity index (χ0v) is 34.2. The Hall–Kier alpha value is -6.76. The number of rotatable bonds is 14. The van der Waals surface area contributed by atoms with E-state index in [1.165, 1.54) is 18.9 Å². The number of nitriles is 1. The van der Waals surface area contributed by atoms with E-state index in [1.54, 1.807) is 42.5 Å². The van der Waals surface area contributed by atoms with Gasteiger partial charge < -0.3 is 47.1 Å². The monoisotopic (exact) mass is 816 g/mol. The zero-order chi connectivity index (χ0) is 43.3. The second kappa shape index (κ2) is 20.8. The summed E-state index contributed by atoms with van der Waals surface area (Å²) < 4.78 is 12.3. The predicted molar refractivity (Wildman–Crippen MR) is 227 cm³/mol. The molecule has 0 fully saturated rings. The summed E-state index contributed by atoms with van der Waals surface area (Å²) in [6, 6.07) is 22.2. The van der Waals surface area contributed by atoms with Crippen molar-refractivity contribution < 1.29 is 33.4 Å². The fourth-order valence-corrected chi connectivity index (χ4v) is 6.77. The minimum atomic E-state index is -1.37. The zero-order valence-electron chi connectivity index (χ0n) is 34.2. The maximum absolute atomic E-state index is 14.4. The molecule has 5 amide bonds. The summed E-state index contributed by atoms with van der Waals surface area (Å²) in [4.78, 5) is 70.4. The van der Waals surface area contributed by atoms with Crippen molar-refractivity contribution in [1.82, 2.24) is 26.2 Å². The summed E-state index contributed by atoms with van der Waals surface area (Å²) >= 11 is 0. The van der Waals surface area contributed by atoms with Crippen molar-refractivity contribution in [2.75, 3.05) is 39.9 Å². The van der Waals surface area contributed by atoms with E-state index in [-0.39, 0.29) is 32.7 Å². The minimum Gasteiger partial charge on any atom is -0.493 e. The average molecular weight is 817 g/mol. The van der Waals surface area contributed by atoms with E-state index in [1.807, 2.05) is 62.4 Å². The van der Waals surface area contributed by atoms with Crippen molar-refractivity contribution in [3.05, 3.63) is 107 Å². The van der Waals surface area contributed by atoms with Crippen molar-refractivity contribution in [3.63, 3.8) is 0 Å². The predicted octanol–water partition coefficient (Wildman–Crippen LogP) is 2.90. The summed E-state index contributed by atoms with van der Waals surface area (Å²) in [5.41, 5.74) is 17.3. The Labute approximate surface area is 349 Å². The molecule has 1 aliphatic rings. The Bertz CT molecular complexity index is 2220. The molecule has 0 aliphatic carbocycles. The molecule has 4 aromatic carbocycles. The van der Waals surface area contributed by atoms with Crippen molar-refractivity contribution in [3.8, 4) is 39.8 Å². The van der Waals surface area contributed by atoms with Gasteiger partial charge in [0.05, 0.1) is 12.7 Å². The number of ether oxygens (including phenoxy) is 2. The van der Waals surface area contributed by atoms with Crippen molar-refractivity contribution in [1.29, 1.82) is 5.26 Å². The summed E-state index contributed by atoms with van der Waals surface area (Å²) in [6.07, 6.45) is 0.738. The van der Waals surface area contributed by atoms with Gasteiger partial charge in [-0.3, -0.25) is 24.0 Å². The lowest BCUT2D eigenvalue weighted by molar-refractivity contribution is -0.141. The first kappa shape index (κ1) is 44.3. The number of benzene rings is 4. The van der Waals surface area contributed by atoms with Gasteiger partial charge in [0.2, 0.25) is 23.6 Å². The number of hydrogen-bond acceptors (Lipinski definition) is 10. The largest absolute Gasteiger partial charge is 0.493 e. The van der Waals surface area contributed by atoms with Gasteiger partial charge in [-0.25, -0.2) is 0 Å². The summed E-state index contributed by atoms with van der Waals surface area (Å²) in [7, 11) is 1.41. The van der Waals surface area contributed by atoms with Gasteiger partial charge in [0, 0.05) is 43.2 Å². The third kappa shape index (κ3) is 10.8. The molecule has 0 spiro atoms. The Morgan fingerprint density at radius 2 is 1.52 bits per heavy atom. The molecule has 15 heteroatoms. The Morgan fingerprint density at radius 3 is 2.15 bits per heavy atom. The van der Waals surface area contributed by atoms with E-state index < -0.39 is 53.7 Å². The van der Waals surface area contributed by atoms with E-state index in [2.05, 4.69) is 21.3 Å². The van der Waals surface area contributed by atoms with E-state index >= 15 is 0 Å². The second-order valence-corrected chi connectivity index (χ2v) is 14.5. The molecule has 4 aromatic rings. The molecule has 1 aliphatic heterocycles. The van der Waals surface area contributed by atoms with Crippen molar-refractivity contribution >= 4 is 29.5 Å². The molecule has 15 nitrogen and oxygen atoms in total. The minimum absolute atomic E-state index is 0.0341. The number of amides is 5. The third-order valence-electron chi connectivity index (χ3n) is 10.0. The summed E-state index contributed by atoms with van der Waals surface area (Å²) in [6.45, 7) is 5.59. The molecule has 5 rings (SSSR count). The molecule has 314 valence electrons. The molecule has 4 bridgehead atoms. The van der Waals surface area contributed by atoms with Crippen LogP contribution < -0.4 is 42.2 Å². The van der Waals surface area contributed by atoms with Crippen LogP contribution in [-0.4, -0.2) is 92.5 Å². The SMILES string of the molecule is CCCOc1ccc2cc1-c1cc(ccc1OCCN)[C@H](N(C)C(=O)[C@H](CN)NC(=O)c1ccc(-c3ccc(C)cc3)cc1)C(=O)N[C@@H](C)C(=O)N[C@H](C(=O)NCC#N)C2. The standard InChI is InChI=1S/C45H52N8O7/c1-5-21-59-38-16-8-29-23-34(38)35-25-33(15-17-39(35)60-22-19-47)40(44(57)50-28(3)41(54)51-36(24-29)43(56)49-20-18-46)53(4)45(58)37(26-48)52-42(55)32-13-11-31(12-14-32)30-9-6-27(2)7-10-30/h6-17,23,25,28,36-37,40H,5,19-22,24,26,47-48H2,1-4H3,(H,49,56)(H,50,57)(H,51,54)(H,52,55)/t28-,36-,37-,40-/m0/s1. The molecule has 1 heterocycles. The molecular formula is C45H52N8O7. The highest BCUT2D eigenvalue weighted by Crippen LogP contribution is 2.40. The van der Waals surface area contributed by atoms with Crippen LogP contribution in [0.15, 0.2) is 84.9 Å². The first-order valence-electron chi connectivity index (χ1n) is 19.8. The van der Waals surface area contributed by atoms with Gasteiger partial charge >= 0.3 is 0 Å². The second-order valence-electron chi connectivity index (χ2n) is 14.5. The summed E-state index contributed by atoms with van der Waals surface area (Å²) in [5.74, 6) is -2.34. The normalized spacial score (nSPS) is 16.8. The average Bonchev–Trinajstić information content (AvgIpc) is 3.25. The lowest BCUT2D eigenvalue weighted by Crippen LogP contribution is -2.56. The molecule has 0 aromatic heterocycles. The Balaban J connectivity index is 1.55. The highest BCUT2D eigenvalue weighted by Gasteiger charge is 2.36. The molecule has 0 saturated carbocycles. The van der Waals surface area contributed by atoms with E-state index in [0.29, 0.717) is 52.3 Å². The topological polar surface area (TPSA) is 231 Å². The maximum Gasteiger partial charge on any atom is 0.251 e. The van der Waals surface area contributed by atoms with Crippen LogP contribution in [0.25, 0.3) is 22.3 Å². The molecule has 8 N–H and O–H groups in total. The number of likely N-dealkylation sites (N-methyl/N-ethyl adjacent to an activating group) is 1.